The molecule has 6 heteroatoms. The fraction of sp³-hybridized carbons (Fsp3) is 0.455. The molecule has 1 heterocycles. The highest BCUT2D eigenvalue weighted by molar-refractivity contribution is 7.84. The molecule has 0 saturated carbocycles. The highest BCUT2D eigenvalue weighted by atomic mass is 32.2. The number of rotatable bonds is 5. The van der Waals surface area contributed by atoms with Gasteiger partial charge in [-0.3, -0.25) is 4.21 Å². The van der Waals surface area contributed by atoms with Crippen molar-refractivity contribution in [1.29, 1.82) is 5.26 Å². The van der Waals surface area contributed by atoms with Gasteiger partial charge in [-0.2, -0.15) is 5.26 Å². The van der Waals surface area contributed by atoms with E-state index in [1.54, 1.807) is 12.3 Å². The van der Waals surface area contributed by atoms with E-state index < -0.39 is 10.8 Å². The average Bonchev–Trinajstić information content (AvgIpc) is 2.30. The second-order valence-corrected chi connectivity index (χ2v) is 5.60. The molecule has 0 aliphatic carbocycles. The number of nitrogens with one attached hydrogen (secondary N) is 1. The van der Waals surface area contributed by atoms with E-state index in [-0.39, 0.29) is 5.25 Å². The summed E-state index contributed by atoms with van der Waals surface area (Å²) in [5.41, 5.74) is 6.43. The highest BCUT2D eigenvalue weighted by Crippen LogP contribution is 2.14. The van der Waals surface area contributed by atoms with Crippen LogP contribution in [0.4, 0.5) is 11.5 Å². The van der Waals surface area contributed by atoms with Crippen LogP contribution in [-0.2, 0) is 10.8 Å². The molecule has 0 bridgehead atoms. The highest BCUT2D eigenvalue weighted by Gasteiger charge is 2.07. The van der Waals surface area contributed by atoms with Crippen LogP contribution >= 0.6 is 0 Å². The van der Waals surface area contributed by atoms with Gasteiger partial charge in [-0.05, 0) is 12.5 Å². The number of aromatic nitrogens is 1. The van der Waals surface area contributed by atoms with Crippen molar-refractivity contribution in [1.82, 2.24) is 4.98 Å². The standard InChI is InChI=1S/C11H16N4OS/c1-8(17(2)16)3-4-14-11-9(6-12)5-10(13)7-15-11/h5,7-8H,3-4,13H2,1-2H3,(H,14,15). The van der Waals surface area contributed by atoms with E-state index in [1.807, 2.05) is 13.0 Å². The van der Waals surface area contributed by atoms with E-state index >= 15 is 0 Å². The molecule has 1 aromatic heterocycles. The van der Waals surface area contributed by atoms with Crippen LogP contribution in [-0.4, -0.2) is 27.2 Å². The first-order valence-corrected chi connectivity index (χ1v) is 6.88. The van der Waals surface area contributed by atoms with Crippen molar-refractivity contribution < 1.29 is 4.21 Å². The van der Waals surface area contributed by atoms with Gasteiger partial charge in [0, 0.05) is 28.9 Å². The Morgan fingerprint density at radius 2 is 2.41 bits per heavy atom. The lowest BCUT2D eigenvalue weighted by atomic mass is 10.2. The predicted molar refractivity (Wildman–Crippen MR) is 70.0 cm³/mol. The van der Waals surface area contributed by atoms with Gasteiger partial charge in [-0.1, -0.05) is 6.92 Å². The topological polar surface area (TPSA) is 91.8 Å². The maximum Gasteiger partial charge on any atom is 0.144 e. The number of nitrogen functional groups attached to an aromatic ring is 1. The number of anilines is 2. The smallest absolute Gasteiger partial charge is 0.144 e. The molecular formula is C11H16N4OS. The molecule has 1 aromatic rings. The Kier molecular flexibility index (Phi) is 4.91. The Morgan fingerprint density at radius 3 is 3.00 bits per heavy atom. The fourth-order valence-electron chi connectivity index (χ4n) is 1.27. The molecule has 3 N–H and O–H groups in total. The van der Waals surface area contributed by atoms with Crippen LogP contribution in [0.5, 0.6) is 0 Å². The van der Waals surface area contributed by atoms with Gasteiger partial charge in [0.1, 0.15) is 11.9 Å². The van der Waals surface area contributed by atoms with Gasteiger partial charge >= 0.3 is 0 Å². The molecule has 0 amide bonds. The van der Waals surface area contributed by atoms with E-state index in [2.05, 4.69) is 10.3 Å². The normalized spacial score (nSPS) is 13.7. The van der Waals surface area contributed by atoms with Crippen molar-refractivity contribution in [3.63, 3.8) is 0 Å². The average molecular weight is 252 g/mol. The Balaban J connectivity index is 2.58. The van der Waals surface area contributed by atoms with Crippen LogP contribution in [0.25, 0.3) is 0 Å². The third-order valence-corrected chi connectivity index (χ3v) is 3.81. The molecule has 0 aromatic carbocycles. The summed E-state index contributed by atoms with van der Waals surface area (Å²) in [5.74, 6) is 0.524. The summed E-state index contributed by atoms with van der Waals surface area (Å²) in [6.07, 6.45) is 3.96. The number of hydrogen-bond acceptors (Lipinski definition) is 5. The first kappa shape index (κ1) is 13.5. The molecule has 0 radical (unpaired) electrons. The molecule has 0 spiro atoms. The predicted octanol–water partition coefficient (Wildman–Crippen LogP) is 1.10. The Bertz CT molecular complexity index is 455. The van der Waals surface area contributed by atoms with E-state index in [9.17, 15) is 4.21 Å². The molecular weight excluding hydrogens is 236 g/mol. The van der Waals surface area contributed by atoms with Crippen molar-refractivity contribution in [3.8, 4) is 6.07 Å². The molecule has 0 fully saturated rings. The lowest BCUT2D eigenvalue weighted by Crippen LogP contribution is -2.15. The van der Waals surface area contributed by atoms with Crippen LogP contribution in [0.1, 0.15) is 18.9 Å². The number of nitrogens with zero attached hydrogens (tertiary/aromatic N) is 2. The zero-order valence-corrected chi connectivity index (χ0v) is 10.8. The number of nitrogens with two attached hydrogens (primary N) is 1. The Labute approximate surface area is 103 Å². The van der Waals surface area contributed by atoms with Gasteiger partial charge in [-0.15, -0.1) is 0 Å². The van der Waals surface area contributed by atoms with E-state index in [0.29, 0.717) is 23.6 Å². The minimum absolute atomic E-state index is 0.127. The number of pyridine rings is 1. The van der Waals surface area contributed by atoms with Crippen LogP contribution in [0.15, 0.2) is 12.3 Å². The summed E-state index contributed by atoms with van der Waals surface area (Å²) in [4.78, 5) is 4.06. The number of nitriles is 1. The van der Waals surface area contributed by atoms with Gasteiger partial charge in [0.05, 0.1) is 17.4 Å². The lowest BCUT2D eigenvalue weighted by Gasteiger charge is -2.10. The molecule has 92 valence electrons. The molecule has 0 aliphatic heterocycles. The summed E-state index contributed by atoms with van der Waals surface area (Å²) in [5, 5.41) is 12.1. The monoisotopic (exact) mass is 252 g/mol. The van der Waals surface area contributed by atoms with Crippen LogP contribution in [0.2, 0.25) is 0 Å². The third-order valence-electron chi connectivity index (χ3n) is 2.44. The van der Waals surface area contributed by atoms with Crippen molar-refractivity contribution in [2.45, 2.75) is 18.6 Å². The van der Waals surface area contributed by atoms with E-state index in [0.717, 1.165) is 6.42 Å². The van der Waals surface area contributed by atoms with Gasteiger partial charge in [-0.25, -0.2) is 4.98 Å². The minimum atomic E-state index is -0.824. The van der Waals surface area contributed by atoms with E-state index in [1.165, 1.54) is 6.20 Å². The SMILES string of the molecule is CC(CCNc1ncc(N)cc1C#N)S(C)=O. The van der Waals surface area contributed by atoms with Crippen molar-refractivity contribution >= 4 is 22.3 Å². The summed E-state index contributed by atoms with van der Waals surface area (Å²) >= 11 is 0. The largest absolute Gasteiger partial charge is 0.397 e. The maximum absolute atomic E-state index is 11.2. The Hall–Kier alpha value is -1.61. The second kappa shape index (κ2) is 6.21. The molecule has 1 rings (SSSR count). The maximum atomic E-state index is 11.2. The summed E-state index contributed by atoms with van der Waals surface area (Å²) < 4.78 is 11.2. The summed E-state index contributed by atoms with van der Waals surface area (Å²) in [6, 6.07) is 3.61. The van der Waals surface area contributed by atoms with Gasteiger partial charge in [0.25, 0.3) is 0 Å². The second-order valence-electron chi connectivity index (χ2n) is 3.80. The summed E-state index contributed by atoms with van der Waals surface area (Å²) in [6.45, 7) is 2.56. The molecule has 0 saturated heterocycles. The van der Waals surface area contributed by atoms with Crippen LogP contribution in [0.3, 0.4) is 0 Å². The lowest BCUT2D eigenvalue weighted by molar-refractivity contribution is 0.672. The first-order chi connectivity index (χ1) is 8.04. The minimum Gasteiger partial charge on any atom is -0.397 e. The molecule has 0 aliphatic rings. The Morgan fingerprint density at radius 1 is 1.71 bits per heavy atom. The van der Waals surface area contributed by atoms with Crippen LogP contribution < -0.4 is 11.1 Å². The summed E-state index contributed by atoms with van der Waals surface area (Å²) in [7, 11) is -0.824. The zero-order valence-electron chi connectivity index (χ0n) is 9.93. The quantitative estimate of drug-likeness (QED) is 0.818. The molecule has 2 atom stereocenters. The van der Waals surface area contributed by atoms with Crippen molar-refractivity contribution in [2.24, 2.45) is 0 Å². The first-order valence-electron chi connectivity index (χ1n) is 5.26. The fourth-order valence-corrected chi connectivity index (χ4v) is 1.72. The van der Waals surface area contributed by atoms with Gasteiger partial charge < -0.3 is 11.1 Å². The van der Waals surface area contributed by atoms with Crippen LogP contribution in [0, 0.1) is 11.3 Å². The van der Waals surface area contributed by atoms with Crippen molar-refractivity contribution in [3.05, 3.63) is 17.8 Å². The molecule has 2 unspecified atom stereocenters. The van der Waals surface area contributed by atoms with Gasteiger partial charge in [0.2, 0.25) is 0 Å². The molecule has 17 heavy (non-hydrogen) atoms. The third kappa shape index (κ3) is 4.04. The zero-order chi connectivity index (χ0) is 12.8. The molecule has 5 nitrogen and oxygen atoms in total. The van der Waals surface area contributed by atoms with E-state index in [4.69, 9.17) is 11.0 Å². The van der Waals surface area contributed by atoms with Gasteiger partial charge in [0.15, 0.2) is 0 Å². The van der Waals surface area contributed by atoms with Crippen molar-refractivity contribution in [2.75, 3.05) is 23.9 Å². The number of hydrogen-bond donors (Lipinski definition) is 2.